The Labute approximate surface area is 169 Å². The Hall–Kier alpha value is -2.33. The average molecular weight is 432 g/mol. The van der Waals surface area contributed by atoms with Crippen LogP contribution in [-0.2, 0) is 16.1 Å². The fourth-order valence-electron chi connectivity index (χ4n) is 2.09. The Morgan fingerprint density at radius 3 is 2.63 bits per heavy atom. The molecule has 27 heavy (non-hydrogen) atoms. The first-order chi connectivity index (χ1) is 12.8. The number of carbonyl (C=O) groups excluding carboxylic acids is 2. The molecule has 142 valence electrons. The third kappa shape index (κ3) is 4.69. The van der Waals surface area contributed by atoms with Gasteiger partial charge in [0, 0.05) is 17.1 Å². The van der Waals surface area contributed by atoms with E-state index in [4.69, 9.17) is 40.2 Å². The summed E-state index contributed by atoms with van der Waals surface area (Å²) in [5.41, 5.74) is -0.472. The second-order valence-corrected chi connectivity index (χ2v) is 6.34. The molecular formula is C15H15Cl3N7O2+. The van der Waals surface area contributed by atoms with E-state index in [1.165, 1.54) is 35.2 Å². The molecule has 2 aromatic rings. The van der Waals surface area contributed by atoms with Crippen molar-refractivity contribution in [2.45, 2.75) is 13.5 Å². The number of hydrogen-bond donors (Lipinski definition) is 3. The average Bonchev–Trinajstić information content (AvgIpc) is 3.09. The van der Waals surface area contributed by atoms with Crippen molar-refractivity contribution in [3.05, 3.63) is 38.8 Å². The van der Waals surface area contributed by atoms with Gasteiger partial charge in [-0.15, -0.1) is 0 Å². The highest BCUT2D eigenvalue weighted by Gasteiger charge is 2.27. The number of likely N-dealkylation sites (N-methyl/N-ethyl adjacent to an activating group) is 1. The van der Waals surface area contributed by atoms with Crippen LogP contribution in [0, 0.1) is 5.41 Å². The second-order valence-electron chi connectivity index (χ2n) is 5.11. The maximum atomic E-state index is 12.4. The van der Waals surface area contributed by atoms with Gasteiger partial charge in [0.15, 0.2) is 0 Å². The van der Waals surface area contributed by atoms with Gasteiger partial charge in [-0.25, -0.2) is 9.48 Å². The molecule has 0 saturated heterocycles. The first-order valence-corrected chi connectivity index (χ1v) is 8.78. The second kappa shape index (κ2) is 9.05. The van der Waals surface area contributed by atoms with Crippen LogP contribution in [0.2, 0.25) is 10.0 Å². The fourth-order valence-corrected chi connectivity index (χ4v) is 2.88. The van der Waals surface area contributed by atoms with Gasteiger partial charge in [0.2, 0.25) is 5.95 Å². The van der Waals surface area contributed by atoms with E-state index in [9.17, 15) is 9.59 Å². The molecule has 0 aliphatic rings. The van der Waals surface area contributed by atoms with Gasteiger partial charge in [0.1, 0.15) is 11.3 Å². The number of benzene rings is 1. The van der Waals surface area contributed by atoms with Crippen molar-refractivity contribution in [1.82, 2.24) is 20.2 Å². The molecule has 9 nitrogen and oxygen atoms in total. The summed E-state index contributed by atoms with van der Waals surface area (Å²) in [4.78, 5) is 24.7. The minimum Gasteiger partial charge on any atom is -0.294 e. The third-order valence-corrected chi connectivity index (χ3v) is 4.36. The van der Waals surface area contributed by atoms with Crippen molar-refractivity contribution in [2.24, 2.45) is 0 Å². The lowest BCUT2D eigenvalue weighted by atomic mass is 10.0. The van der Waals surface area contributed by atoms with Crippen molar-refractivity contribution < 1.29 is 14.9 Å². The van der Waals surface area contributed by atoms with Crippen LogP contribution in [-0.4, -0.2) is 44.8 Å². The lowest BCUT2D eigenvalue weighted by Gasteiger charge is -2.11. The number of nitrogens with two attached hydrogens (primary N) is 1. The van der Waals surface area contributed by atoms with E-state index in [1.807, 2.05) is 0 Å². The van der Waals surface area contributed by atoms with E-state index in [2.05, 4.69) is 20.8 Å². The monoisotopic (exact) mass is 430 g/mol. The Morgan fingerprint density at radius 1 is 1.33 bits per heavy atom. The van der Waals surface area contributed by atoms with Gasteiger partial charge in [0.05, 0.1) is 17.1 Å². The summed E-state index contributed by atoms with van der Waals surface area (Å²) in [7, 11) is 1.51. The lowest BCUT2D eigenvalue weighted by molar-refractivity contribution is -0.532. The first-order valence-electron chi connectivity index (χ1n) is 7.65. The molecule has 2 rings (SSSR count). The van der Waals surface area contributed by atoms with Gasteiger partial charge in [-0.2, -0.15) is 0 Å². The van der Waals surface area contributed by atoms with E-state index in [0.717, 1.165) is 0 Å². The summed E-state index contributed by atoms with van der Waals surface area (Å²) in [6.45, 7) is 2.19. The molecule has 1 aromatic carbocycles. The Balaban J connectivity index is 2.43. The van der Waals surface area contributed by atoms with Gasteiger partial charge in [-0.05, 0) is 29.5 Å². The van der Waals surface area contributed by atoms with Crippen molar-refractivity contribution in [1.29, 1.82) is 5.41 Å². The number of primary amides is 1. The number of halogens is 3. The molecule has 4 N–H and O–H groups in total. The standard InChI is InChI=1S/C15H14Cl3N7O2/c1-3-25-15(22-23-24-25)21-14(27)12(19)11(18)10(13(26)20-2)8-5-4-7(16)6-9(8)17/h4-6,19H,3H2,1-2H3,(H,20,26)(H,21,22,24,27)/p+1. The Morgan fingerprint density at radius 2 is 2.04 bits per heavy atom. The van der Waals surface area contributed by atoms with Crippen LogP contribution in [0.4, 0.5) is 5.95 Å². The summed E-state index contributed by atoms with van der Waals surface area (Å²) in [6, 6.07) is 4.45. The Bertz CT molecular complexity index is 939. The van der Waals surface area contributed by atoms with Crippen molar-refractivity contribution >= 4 is 63.9 Å². The van der Waals surface area contributed by atoms with E-state index in [-0.39, 0.29) is 27.1 Å². The largest absolute Gasteiger partial charge is 0.344 e. The van der Waals surface area contributed by atoms with Gasteiger partial charge in [-0.3, -0.25) is 20.8 Å². The molecule has 0 unspecified atom stereocenters. The van der Waals surface area contributed by atoms with E-state index in [1.54, 1.807) is 6.92 Å². The van der Waals surface area contributed by atoms with Crippen LogP contribution in [0.3, 0.4) is 0 Å². The Kier molecular flexibility index (Phi) is 7.03. The highest BCUT2D eigenvalue weighted by Crippen LogP contribution is 2.30. The molecule has 0 fully saturated rings. The number of aryl methyl sites for hydroxylation is 1. The molecule has 0 atom stereocenters. The summed E-state index contributed by atoms with van der Waals surface area (Å²) >= 11 is 18.3. The third-order valence-electron chi connectivity index (χ3n) is 3.43. The van der Waals surface area contributed by atoms with Crippen LogP contribution >= 0.6 is 34.8 Å². The molecular weight excluding hydrogens is 417 g/mol. The molecule has 0 saturated carbocycles. The van der Waals surface area contributed by atoms with Gasteiger partial charge >= 0.3 is 5.91 Å². The summed E-state index contributed by atoms with van der Waals surface area (Å²) in [6.07, 6.45) is 0. The number of rotatable bonds is 6. The zero-order valence-corrected chi connectivity index (χ0v) is 16.5. The number of tetrazole rings is 1. The normalized spacial score (nSPS) is 11.7. The topological polar surface area (TPSA) is 130 Å². The molecule has 0 spiro atoms. The predicted molar refractivity (Wildman–Crippen MR) is 102 cm³/mol. The van der Waals surface area contributed by atoms with Crippen molar-refractivity contribution in [3.8, 4) is 0 Å². The minimum atomic E-state index is -0.879. The molecule has 2 amide bonds. The molecule has 1 aromatic heterocycles. The molecule has 12 heteroatoms. The number of hydrogen-bond acceptors (Lipinski definition) is 6. The highest BCUT2D eigenvalue weighted by molar-refractivity contribution is 6.64. The van der Waals surface area contributed by atoms with Crippen molar-refractivity contribution in [2.75, 3.05) is 12.4 Å². The molecule has 0 radical (unpaired) electrons. The van der Waals surface area contributed by atoms with E-state index < -0.39 is 17.5 Å². The van der Waals surface area contributed by atoms with Crippen LogP contribution in [0.15, 0.2) is 23.2 Å². The number of anilines is 1. The maximum Gasteiger partial charge on any atom is 0.344 e. The lowest BCUT2D eigenvalue weighted by Crippen LogP contribution is -2.84. The SMILES string of the molecule is CCn1nnnc1NC(=O)C(=N)C(Cl)=C(C(=O)[NH2+]C)c1ccc(Cl)cc1Cl. The smallest absolute Gasteiger partial charge is 0.294 e. The number of aromatic nitrogens is 4. The first kappa shape index (κ1) is 21.0. The van der Waals surface area contributed by atoms with Crippen LogP contribution in [0.1, 0.15) is 12.5 Å². The number of carbonyl (C=O) groups is 2. The number of nitrogens with one attached hydrogen (secondary N) is 2. The molecule has 0 aliphatic carbocycles. The predicted octanol–water partition coefficient (Wildman–Crippen LogP) is 1.33. The van der Waals surface area contributed by atoms with E-state index in [0.29, 0.717) is 11.6 Å². The summed E-state index contributed by atoms with van der Waals surface area (Å²) < 4.78 is 1.32. The maximum absolute atomic E-state index is 12.4. The van der Waals surface area contributed by atoms with Crippen LogP contribution in [0.5, 0.6) is 0 Å². The zero-order chi connectivity index (χ0) is 20.1. The van der Waals surface area contributed by atoms with Gasteiger partial charge in [-0.1, -0.05) is 46.0 Å². The number of amides is 2. The minimum absolute atomic E-state index is 0.0520. The van der Waals surface area contributed by atoms with Gasteiger partial charge in [0.25, 0.3) is 5.91 Å². The molecule has 1 heterocycles. The number of quaternary nitrogens is 1. The van der Waals surface area contributed by atoms with E-state index >= 15 is 0 Å². The molecule has 0 aliphatic heterocycles. The zero-order valence-electron chi connectivity index (χ0n) is 14.3. The summed E-state index contributed by atoms with van der Waals surface area (Å²) in [5.74, 6) is -1.33. The molecule has 0 bridgehead atoms. The quantitative estimate of drug-likeness (QED) is 0.469. The van der Waals surface area contributed by atoms with Crippen molar-refractivity contribution in [3.63, 3.8) is 0 Å². The fraction of sp³-hybridized carbons (Fsp3) is 0.200. The highest BCUT2D eigenvalue weighted by atomic mass is 35.5. The summed E-state index contributed by atoms with van der Waals surface area (Å²) in [5, 5.41) is 22.6. The van der Waals surface area contributed by atoms with Gasteiger partial charge < -0.3 is 0 Å². The van der Waals surface area contributed by atoms with Crippen LogP contribution < -0.4 is 10.6 Å². The van der Waals surface area contributed by atoms with Crippen LogP contribution in [0.25, 0.3) is 5.57 Å². The number of nitrogens with zero attached hydrogens (tertiary/aromatic N) is 4.